The SMILES string of the molecule is C=Cc1ccc(S)cc1C. The zero-order chi connectivity index (χ0) is 7.56. The van der Waals surface area contributed by atoms with Gasteiger partial charge in [-0.05, 0) is 30.2 Å². The monoisotopic (exact) mass is 150 g/mol. The Balaban J connectivity index is 3.19. The van der Waals surface area contributed by atoms with Gasteiger partial charge < -0.3 is 0 Å². The Morgan fingerprint density at radius 1 is 1.50 bits per heavy atom. The first-order valence-electron chi connectivity index (χ1n) is 3.16. The highest BCUT2D eigenvalue weighted by Gasteiger charge is 1.91. The fourth-order valence-electron chi connectivity index (χ4n) is 0.889. The molecule has 0 aliphatic heterocycles. The lowest BCUT2D eigenvalue weighted by Crippen LogP contribution is -1.78. The molecule has 10 heavy (non-hydrogen) atoms. The number of hydrogen-bond acceptors (Lipinski definition) is 1. The third-order valence-electron chi connectivity index (χ3n) is 1.47. The van der Waals surface area contributed by atoms with Crippen molar-refractivity contribution in [1.29, 1.82) is 0 Å². The fraction of sp³-hybridized carbons (Fsp3) is 0.111. The summed E-state index contributed by atoms with van der Waals surface area (Å²) in [6.45, 7) is 5.75. The van der Waals surface area contributed by atoms with Gasteiger partial charge in [-0.2, -0.15) is 0 Å². The van der Waals surface area contributed by atoms with Gasteiger partial charge in [0.2, 0.25) is 0 Å². The molecule has 0 unspecified atom stereocenters. The summed E-state index contributed by atoms with van der Waals surface area (Å²) in [4.78, 5) is 1.00. The summed E-state index contributed by atoms with van der Waals surface area (Å²) in [6.07, 6.45) is 1.85. The normalized spacial score (nSPS) is 9.40. The summed E-state index contributed by atoms with van der Waals surface area (Å²) in [5, 5.41) is 0. The van der Waals surface area contributed by atoms with Gasteiger partial charge in [0.05, 0.1) is 0 Å². The van der Waals surface area contributed by atoms with E-state index < -0.39 is 0 Å². The summed E-state index contributed by atoms with van der Waals surface area (Å²) in [7, 11) is 0. The van der Waals surface area contributed by atoms with E-state index in [4.69, 9.17) is 0 Å². The van der Waals surface area contributed by atoms with E-state index in [1.165, 1.54) is 11.1 Å². The molecule has 0 amide bonds. The van der Waals surface area contributed by atoms with Gasteiger partial charge in [-0.1, -0.05) is 18.7 Å². The van der Waals surface area contributed by atoms with Gasteiger partial charge in [0.1, 0.15) is 0 Å². The fourth-order valence-corrected chi connectivity index (χ4v) is 1.16. The van der Waals surface area contributed by atoms with Crippen LogP contribution in [0.5, 0.6) is 0 Å². The number of aryl methyl sites for hydroxylation is 1. The van der Waals surface area contributed by atoms with E-state index in [0.29, 0.717) is 0 Å². The molecule has 1 heteroatoms. The van der Waals surface area contributed by atoms with Crippen molar-refractivity contribution in [2.24, 2.45) is 0 Å². The average molecular weight is 150 g/mol. The zero-order valence-corrected chi connectivity index (χ0v) is 6.86. The van der Waals surface area contributed by atoms with E-state index in [1.807, 2.05) is 24.3 Å². The Morgan fingerprint density at radius 3 is 2.70 bits per heavy atom. The molecule has 0 fully saturated rings. The first-order valence-corrected chi connectivity index (χ1v) is 3.61. The van der Waals surface area contributed by atoms with E-state index in [2.05, 4.69) is 26.1 Å². The van der Waals surface area contributed by atoms with Crippen LogP contribution in [0.25, 0.3) is 6.08 Å². The number of thiol groups is 1. The van der Waals surface area contributed by atoms with Gasteiger partial charge in [0.15, 0.2) is 0 Å². The van der Waals surface area contributed by atoms with Crippen LogP contribution in [-0.4, -0.2) is 0 Å². The van der Waals surface area contributed by atoms with Gasteiger partial charge in [-0.15, -0.1) is 12.6 Å². The highest BCUT2D eigenvalue weighted by molar-refractivity contribution is 7.80. The molecule has 0 aliphatic carbocycles. The maximum Gasteiger partial charge on any atom is 0.00430 e. The maximum atomic E-state index is 4.21. The van der Waals surface area contributed by atoms with Crippen LogP contribution in [0.3, 0.4) is 0 Å². The molecule has 0 saturated heterocycles. The quantitative estimate of drug-likeness (QED) is 0.585. The topological polar surface area (TPSA) is 0 Å². The molecule has 0 heterocycles. The third kappa shape index (κ3) is 1.42. The van der Waals surface area contributed by atoms with Crippen molar-refractivity contribution in [1.82, 2.24) is 0 Å². The molecule has 0 saturated carbocycles. The molecule has 0 radical (unpaired) electrons. The average Bonchev–Trinajstić information content (AvgIpc) is 1.88. The van der Waals surface area contributed by atoms with E-state index in [0.717, 1.165) is 4.90 Å². The molecular weight excluding hydrogens is 140 g/mol. The first-order chi connectivity index (χ1) is 4.74. The van der Waals surface area contributed by atoms with E-state index in [-0.39, 0.29) is 0 Å². The highest BCUT2D eigenvalue weighted by atomic mass is 32.1. The van der Waals surface area contributed by atoms with Crippen LogP contribution in [0, 0.1) is 6.92 Å². The van der Waals surface area contributed by atoms with Crippen LogP contribution < -0.4 is 0 Å². The van der Waals surface area contributed by atoms with Crippen LogP contribution >= 0.6 is 12.6 Å². The van der Waals surface area contributed by atoms with Crippen molar-refractivity contribution >= 4 is 18.7 Å². The lowest BCUT2D eigenvalue weighted by atomic mass is 10.1. The molecular formula is C9H10S. The molecule has 0 N–H and O–H groups in total. The predicted octanol–water partition coefficient (Wildman–Crippen LogP) is 2.93. The minimum absolute atomic E-state index is 1.00. The smallest absolute Gasteiger partial charge is 0.00430 e. The van der Waals surface area contributed by atoms with Crippen LogP contribution in [0.1, 0.15) is 11.1 Å². The van der Waals surface area contributed by atoms with Crippen LogP contribution in [-0.2, 0) is 0 Å². The van der Waals surface area contributed by atoms with Crippen molar-refractivity contribution in [3.05, 3.63) is 35.9 Å². The molecule has 0 bridgehead atoms. The second kappa shape index (κ2) is 2.93. The van der Waals surface area contributed by atoms with Crippen molar-refractivity contribution in [3.63, 3.8) is 0 Å². The number of benzene rings is 1. The Morgan fingerprint density at radius 2 is 2.20 bits per heavy atom. The number of hydrogen-bond donors (Lipinski definition) is 1. The Bertz CT molecular complexity index is 251. The largest absolute Gasteiger partial charge is 0.143 e. The van der Waals surface area contributed by atoms with Crippen molar-refractivity contribution in [3.8, 4) is 0 Å². The molecule has 1 rings (SSSR count). The van der Waals surface area contributed by atoms with Crippen LogP contribution in [0.2, 0.25) is 0 Å². The first kappa shape index (κ1) is 7.42. The Labute approximate surface area is 67.0 Å². The zero-order valence-electron chi connectivity index (χ0n) is 5.96. The van der Waals surface area contributed by atoms with Crippen molar-refractivity contribution in [2.45, 2.75) is 11.8 Å². The maximum absolute atomic E-state index is 4.21. The molecule has 1 aromatic carbocycles. The molecule has 0 nitrogen and oxygen atoms in total. The lowest BCUT2D eigenvalue weighted by Gasteiger charge is -1.99. The third-order valence-corrected chi connectivity index (χ3v) is 1.75. The van der Waals surface area contributed by atoms with Gasteiger partial charge in [0, 0.05) is 4.90 Å². The van der Waals surface area contributed by atoms with Crippen molar-refractivity contribution < 1.29 is 0 Å². The molecule has 0 aliphatic rings. The van der Waals surface area contributed by atoms with Crippen LogP contribution in [0.15, 0.2) is 29.7 Å². The summed E-state index contributed by atoms with van der Waals surface area (Å²) in [5.41, 5.74) is 2.40. The summed E-state index contributed by atoms with van der Waals surface area (Å²) in [6, 6.07) is 6.01. The minimum atomic E-state index is 1.00. The lowest BCUT2D eigenvalue weighted by molar-refractivity contribution is 1.35. The second-order valence-corrected chi connectivity index (χ2v) is 2.76. The summed E-state index contributed by atoms with van der Waals surface area (Å²) < 4.78 is 0. The van der Waals surface area contributed by atoms with Gasteiger partial charge >= 0.3 is 0 Å². The molecule has 0 spiro atoms. The van der Waals surface area contributed by atoms with Gasteiger partial charge in [0.25, 0.3) is 0 Å². The Hall–Kier alpha value is -0.690. The van der Waals surface area contributed by atoms with Crippen LogP contribution in [0.4, 0.5) is 0 Å². The molecule has 0 aromatic heterocycles. The van der Waals surface area contributed by atoms with E-state index >= 15 is 0 Å². The van der Waals surface area contributed by atoms with E-state index in [9.17, 15) is 0 Å². The second-order valence-electron chi connectivity index (χ2n) is 2.25. The highest BCUT2D eigenvalue weighted by Crippen LogP contribution is 2.13. The summed E-state index contributed by atoms with van der Waals surface area (Å²) >= 11 is 4.21. The summed E-state index contributed by atoms with van der Waals surface area (Å²) in [5.74, 6) is 0. The van der Waals surface area contributed by atoms with Crippen molar-refractivity contribution in [2.75, 3.05) is 0 Å². The molecule has 1 aromatic rings. The minimum Gasteiger partial charge on any atom is -0.143 e. The molecule has 52 valence electrons. The van der Waals surface area contributed by atoms with Gasteiger partial charge in [-0.3, -0.25) is 0 Å². The number of rotatable bonds is 1. The van der Waals surface area contributed by atoms with Gasteiger partial charge in [-0.25, -0.2) is 0 Å². The predicted molar refractivity (Wildman–Crippen MR) is 48.5 cm³/mol. The van der Waals surface area contributed by atoms with E-state index in [1.54, 1.807) is 0 Å². The molecule has 0 atom stereocenters. The standard InChI is InChI=1S/C9H10S/c1-3-8-4-5-9(10)6-7(8)2/h3-6,10H,1H2,2H3. The Kier molecular flexibility index (Phi) is 2.17.